The summed E-state index contributed by atoms with van der Waals surface area (Å²) in [5.41, 5.74) is 8.71. The van der Waals surface area contributed by atoms with Gasteiger partial charge in [-0.1, -0.05) is 25.1 Å². The highest BCUT2D eigenvalue weighted by atomic mass is 32.2. The molecule has 1 amide bonds. The van der Waals surface area contributed by atoms with Gasteiger partial charge >= 0.3 is 0 Å². The van der Waals surface area contributed by atoms with Crippen molar-refractivity contribution in [1.29, 1.82) is 0 Å². The van der Waals surface area contributed by atoms with E-state index >= 15 is 0 Å². The molecule has 0 aliphatic heterocycles. The standard InChI is InChI=1S/C16H19N3OS/c1-3-12-6-4-5-11(2)16(12)19-15(20)10-21-13-7-8-14(17)18-9-13/h4-9H,3,10H2,1-2H3,(H2,17,18)(H,19,20). The zero-order chi connectivity index (χ0) is 15.2. The van der Waals surface area contributed by atoms with Crippen LogP contribution in [0.5, 0.6) is 0 Å². The first kappa shape index (κ1) is 15.4. The van der Waals surface area contributed by atoms with Gasteiger partial charge < -0.3 is 11.1 Å². The molecule has 0 aliphatic carbocycles. The van der Waals surface area contributed by atoms with Gasteiger partial charge in [0.2, 0.25) is 5.91 Å². The number of nitrogens with zero attached hydrogens (tertiary/aromatic N) is 1. The van der Waals surface area contributed by atoms with Gasteiger partial charge in [-0.25, -0.2) is 4.98 Å². The van der Waals surface area contributed by atoms with Gasteiger partial charge in [0.15, 0.2) is 0 Å². The fourth-order valence-electron chi connectivity index (χ4n) is 2.00. The number of thioether (sulfide) groups is 1. The van der Waals surface area contributed by atoms with Crippen molar-refractivity contribution in [2.45, 2.75) is 25.2 Å². The summed E-state index contributed by atoms with van der Waals surface area (Å²) < 4.78 is 0. The van der Waals surface area contributed by atoms with E-state index in [4.69, 9.17) is 5.73 Å². The van der Waals surface area contributed by atoms with Crippen molar-refractivity contribution in [3.8, 4) is 0 Å². The Morgan fingerprint density at radius 1 is 1.33 bits per heavy atom. The molecule has 1 aromatic carbocycles. The summed E-state index contributed by atoms with van der Waals surface area (Å²) in [7, 11) is 0. The lowest BCUT2D eigenvalue weighted by Gasteiger charge is -2.12. The smallest absolute Gasteiger partial charge is 0.234 e. The Morgan fingerprint density at radius 2 is 2.14 bits per heavy atom. The number of carbonyl (C=O) groups is 1. The summed E-state index contributed by atoms with van der Waals surface area (Å²) in [6.45, 7) is 4.09. The number of nitrogens with two attached hydrogens (primary N) is 1. The molecule has 0 atom stereocenters. The first-order valence-electron chi connectivity index (χ1n) is 6.82. The first-order chi connectivity index (χ1) is 10.1. The SMILES string of the molecule is CCc1cccc(C)c1NC(=O)CSc1ccc(N)nc1. The Hall–Kier alpha value is -2.01. The predicted octanol–water partition coefficient (Wildman–Crippen LogP) is 3.27. The van der Waals surface area contributed by atoms with E-state index < -0.39 is 0 Å². The van der Waals surface area contributed by atoms with Gasteiger partial charge in [-0.15, -0.1) is 11.8 Å². The van der Waals surface area contributed by atoms with E-state index in [9.17, 15) is 4.79 Å². The van der Waals surface area contributed by atoms with Crippen LogP contribution in [0, 0.1) is 6.92 Å². The summed E-state index contributed by atoms with van der Waals surface area (Å²) in [6.07, 6.45) is 2.57. The normalized spacial score (nSPS) is 10.4. The van der Waals surface area contributed by atoms with Crippen LogP contribution in [-0.2, 0) is 11.2 Å². The molecule has 5 heteroatoms. The van der Waals surface area contributed by atoms with Crippen LogP contribution < -0.4 is 11.1 Å². The van der Waals surface area contributed by atoms with E-state index in [-0.39, 0.29) is 5.91 Å². The summed E-state index contributed by atoms with van der Waals surface area (Å²) in [5.74, 6) is 0.820. The number of benzene rings is 1. The average Bonchev–Trinajstić information content (AvgIpc) is 2.49. The molecule has 0 spiro atoms. The van der Waals surface area contributed by atoms with Gasteiger partial charge in [0.25, 0.3) is 0 Å². The maximum absolute atomic E-state index is 12.1. The minimum atomic E-state index is -0.0131. The molecule has 2 aromatic rings. The molecule has 21 heavy (non-hydrogen) atoms. The largest absolute Gasteiger partial charge is 0.384 e. The fraction of sp³-hybridized carbons (Fsp3) is 0.250. The van der Waals surface area contributed by atoms with Crippen LogP contribution in [0.25, 0.3) is 0 Å². The molecule has 1 aromatic heterocycles. The van der Waals surface area contributed by atoms with Crippen LogP contribution in [0.1, 0.15) is 18.1 Å². The number of pyridine rings is 1. The predicted molar refractivity (Wildman–Crippen MR) is 88.6 cm³/mol. The number of para-hydroxylation sites is 1. The van der Waals surface area contributed by atoms with Crippen LogP contribution >= 0.6 is 11.8 Å². The highest BCUT2D eigenvalue weighted by Gasteiger charge is 2.09. The van der Waals surface area contributed by atoms with E-state index in [1.54, 1.807) is 12.3 Å². The second kappa shape index (κ2) is 7.13. The van der Waals surface area contributed by atoms with Crippen molar-refractivity contribution < 1.29 is 4.79 Å². The van der Waals surface area contributed by atoms with E-state index in [0.717, 1.165) is 28.1 Å². The maximum atomic E-state index is 12.1. The summed E-state index contributed by atoms with van der Waals surface area (Å²) in [6, 6.07) is 9.66. The molecule has 3 N–H and O–H groups in total. The molecule has 0 aliphatic rings. The highest BCUT2D eigenvalue weighted by molar-refractivity contribution is 8.00. The van der Waals surface area contributed by atoms with Gasteiger partial charge in [0, 0.05) is 16.8 Å². The summed E-state index contributed by atoms with van der Waals surface area (Å²) in [4.78, 5) is 17.0. The fourth-order valence-corrected chi connectivity index (χ4v) is 2.66. The van der Waals surface area contributed by atoms with E-state index in [2.05, 4.69) is 17.2 Å². The number of aromatic nitrogens is 1. The van der Waals surface area contributed by atoms with E-state index in [1.807, 2.05) is 31.2 Å². The van der Waals surface area contributed by atoms with Gasteiger partial charge in [0.05, 0.1) is 5.75 Å². The molecule has 0 saturated carbocycles. The summed E-state index contributed by atoms with van der Waals surface area (Å²) >= 11 is 1.45. The first-order valence-corrected chi connectivity index (χ1v) is 7.81. The number of nitrogen functional groups attached to an aromatic ring is 1. The van der Waals surface area contributed by atoms with Crippen molar-refractivity contribution in [3.05, 3.63) is 47.7 Å². The number of amides is 1. The Morgan fingerprint density at radius 3 is 2.81 bits per heavy atom. The van der Waals surface area contributed by atoms with E-state index in [0.29, 0.717) is 11.6 Å². The second-order valence-corrected chi connectivity index (χ2v) is 5.77. The monoisotopic (exact) mass is 301 g/mol. The van der Waals surface area contributed by atoms with Crippen LogP contribution in [-0.4, -0.2) is 16.6 Å². The number of aryl methyl sites for hydroxylation is 2. The van der Waals surface area contributed by atoms with Gasteiger partial charge in [-0.05, 0) is 36.6 Å². The van der Waals surface area contributed by atoms with Gasteiger partial charge in [-0.3, -0.25) is 4.79 Å². The minimum Gasteiger partial charge on any atom is -0.384 e. The number of hydrogen-bond acceptors (Lipinski definition) is 4. The lowest BCUT2D eigenvalue weighted by molar-refractivity contribution is -0.113. The maximum Gasteiger partial charge on any atom is 0.234 e. The summed E-state index contributed by atoms with van der Waals surface area (Å²) in [5, 5.41) is 3.01. The zero-order valence-corrected chi connectivity index (χ0v) is 13.0. The highest BCUT2D eigenvalue weighted by Crippen LogP contribution is 2.22. The molecule has 0 saturated heterocycles. The van der Waals surface area contributed by atoms with Crippen molar-refractivity contribution >= 4 is 29.2 Å². The Balaban J connectivity index is 1.97. The molecule has 110 valence electrons. The topological polar surface area (TPSA) is 68.0 Å². The number of rotatable bonds is 5. The van der Waals surface area contributed by atoms with Crippen LogP contribution in [0.4, 0.5) is 11.5 Å². The van der Waals surface area contributed by atoms with Crippen molar-refractivity contribution in [2.24, 2.45) is 0 Å². The molecule has 0 bridgehead atoms. The minimum absolute atomic E-state index is 0.0131. The molecule has 0 radical (unpaired) electrons. The van der Waals surface area contributed by atoms with Crippen LogP contribution in [0.3, 0.4) is 0 Å². The lowest BCUT2D eigenvalue weighted by atomic mass is 10.1. The molecule has 1 heterocycles. The Kier molecular flexibility index (Phi) is 5.22. The number of hydrogen-bond donors (Lipinski definition) is 2. The number of carbonyl (C=O) groups excluding carboxylic acids is 1. The van der Waals surface area contributed by atoms with Crippen LogP contribution in [0.2, 0.25) is 0 Å². The van der Waals surface area contributed by atoms with Gasteiger partial charge in [0.1, 0.15) is 5.82 Å². The molecule has 0 fully saturated rings. The van der Waals surface area contributed by atoms with Crippen LogP contribution in [0.15, 0.2) is 41.4 Å². The zero-order valence-electron chi connectivity index (χ0n) is 12.2. The lowest BCUT2D eigenvalue weighted by Crippen LogP contribution is -2.16. The van der Waals surface area contributed by atoms with Crippen molar-refractivity contribution in [1.82, 2.24) is 4.98 Å². The molecule has 0 unspecified atom stereocenters. The van der Waals surface area contributed by atoms with E-state index in [1.165, 1.54) is 11.8 Å². The molecule has 4 nitrogen and oxygen atoms in total. The Bertz CT molecular complexity index is 626. The molecular formula is C16H19N3OS. The third kappa shape index (κ3) is 4.23. The number of nitrogens with one attached hydrogen (secondary N) is 1. The molecule has 2 rings (SSSR count). The van der Waals surface area contributed by atoms with Gasteiger partial charge in [-0.2, -0.15) is 0 Å². The molecular weight excluding hydrogens is 282 g/mol. The quantitative estimate of drug-likeness (QED) is 0.832. The van der Waals surface area contributed by atoms with Crippen molar-refractivity contribution in [3.63, 3.8) is 0 Å². The number of anilines is 2. The third-order valence-corrected chi connectivity index (χ3v) is 4.11. The van der Waals surface area contributed by atoms with Crippen molar-refractivity contribution in [2.75, 3.05) is 16.8 Å². The average molecular weight is 301 g/mol. The third-order valence-electron chi connectivity index (χ3n) is 3.13. The second-order valence-electron chi connectivity index (χ2n) is 4.72. The Labute approximate surface area is 129 Å².